The van der Waals surface area contributed by atoms with E-state index in [0.717, 1.165) is 28.9 Å². The van der Waals surface area contributed by atoms with Crippen LogP contribution < -0.4 is 4.74 Å². The van der Waals surface area contributed by atoms with Gasteiger partial charge in [0.05, 0.1) is 11.6 Å². The van der Waals surface area contributed by atoms with E-state index in [-0.39, 0.29) is 5.78 Å². The number of rotatable bonds is 3. The van der Waals surface area contributed by atoms with Crippen LogP contribution in [0.2, 0.25) is 0 Å². The second-order valence-electron chi connectivity index (χ2n) is 4.76. The normalized spacial score (nSPS) is 12.8. The Bertz CT molecular complexity index is 713. The van der Waals surface area contributed by atoms with Gasteiger partial charge in [-0.15, -0.1) is 0 Å². The standard InChI is InChI=1S/C17H13NO2/c18-10-12-4-1-2-5-13(12)11-20-17-7-3-6-14-15(17)8-9-16(14)19/h1-7H,8-9,11H2. The van der Waals surface area contributed by atoms with Gasteiger partial charge in [-0.1, -0.05) is 30.3 Å². The van der Waals surface area contributed by atoms with Gasteiger partial charge < -0.3 is 4.74 Å². The first-order valence-electron chi connectivity index (χ1n) is 6.55. The van der Waals surface area contributed by atoms with Crippen LogP contribution >= 0.6 is 0 Å². The fourth-order valence-corrected chi connectivity index (χ4v) is 2.50. The third kappa shape index (κ3) is 2.17. The number of ketones is 1. The third-order valence-electron chi connectivity index (χ3n) is 3.56. The molecule has 0 N–H and O–H groups in total. The van der Waals surface area contributed by atoms with Crippen LogP contribution in [0.15, 0.2) is 42.5 Å². The molecule has 0 aliphatic heterocycles. The predicted molar refractivity (Wildman–Crippen MR) is 74.6 cm³/mol. The van der Waals surface area contributed by atoms with Crippen molar-refractivity contribution in [3.63, 3.8) is 0 Å². The number of hydrogen-bond acceptors (Lipinski definition) is 3. The van der Waals surface area contributed by atoms with Crippen LogP contribution in [0.3, 0.4) is 0 Å². The van der Waals surface area contributed by atoms with E-state index in [0.29, 0.717) is 18.6 Å². The summed E-state index contributed by atoms with van der Waals surface area (Å²) in [7, 11) is 0. The first-order chi connectivity index (χ1) is 9.79. The summed E-state index contributed by atoms with van der Waals surface area (Å²) in [4.78, 5) is 11.7. The van der Waals surface area contributed by atoms with Crippen molar-refractivity contribution in [2.75, 3.05) is 0 Å². The number of nitrogens with zero attached hydrogens (tertiary/aromatic N) is 1. The number of nitriles is 1. The zero-order valence-electron chi connectivity index (χ0n) is 10.9. The molecule has 3 rings (SSSR count). The lowest BCUT2D eigenvalue weighted by molar-refractivity contribution is 0.0994. The number of hydrogen-bond donors (Lipinski definition) is 0. The monoisotopic (exact) mass is 263 g/mol. The first kappa shape index (κ1) is 12.4. The first-order valence-corrected chi connectivity index (χ1v) is 6.55. The van der Waals surface area contributed by atoms with E-state index >= 15 is 0 Å². The Morgan fingerprint density at radius 1 is 1.10 bits per heavy atom. The van der Waals surface area contributed by atoms with Gasteiger partial charge in [-0.3, -0.25) is 4.79 Å². The summed E-state index contributed by atoms with van der Waals surface area (Å²) in [5.74, 6) is 0.934. The fraction of sp³-hybridized carbons (Fsp3) is 0.176. The van der Waals surface area contributed by atoms with Gasteiger partial charge in [0.1, 0.15) is 12.4 Å². The lowest BCUT2D eigenvalue weighted by Gasteiger charge is -2.11. The van der Waals surface area contributed by atoms with Gasteiger partial charge in [0, 0.05) is 23.1 Å². The molecule has 0 saturated carbocycles. The summed E-state index contributed by atoms with van der Waals surface area (Å²) >= 11 is 0. The maximum atomic E-state index is 11.7. The second kappa shape index (κ2) is 5.18. The highest BCUT2D eigenvalue weighted by atomic mass is 16.5. The van der Waals surface area contributed by atoms with Crippen molar-refractivity contribution >= 4 is 5.78 Å². The molecule has 1 aliphatic rings. The Balaban J connectivity index is 1.84. The van der Waals surface area contributed by atoms with Gasteiger partial charge in [0.2, 0.25) is 0 Å². The van der Waals surface area contributed by atoms with Crippen molar-refractivity contribution in [2.24, 2.45) is 0 Å². The predicted octanol–water partition coefficient (Wildman–Crippen LogP) is 3.27. The summed E-state index contributed by atoms with van der Waals surface area (Å²) in [6.07, 6.45) is 1.30. The molecule has 20 heavy (non-hydrogen) atoms. The van der Waals surface area contributed by atoms with Crippen LogP contribution in [0, 0.1) is 11.3 Å². The van der Waals surface area contributed by atoms with Gasteiger partial charge in [0.25, 0.3) is 0 Å². The van der Waals surface area contributed by atoms with E-state index in [2.05, 4.69) is 6.07 Å². The summed E-state index contributed by atoms with van der Waals surface area (Å²) in [5.41, 5.74) is 3.25. The molecule has 0 fully saturated rings. The Morgan fingerprint density at radius 3 is 2.80 bits per heavy atom. The second-order valence-corrected chi connectivity index (χ2v) is 4.76. The average molecular weight is 263 g/mol. The fourth-order valence-electron chi connectivity index (χ4n) is 2.50. The van der Waals surface area contributed by atoms with E-state index in [1.807, 2.05) is 36.4 Å². The molecule has 0 heterocycles. The highest BCUT2D eigenvalue weighted by Gasteiger charge is 2.22. The van der Waals surface area contributed by atoms with E-state index in [1.165, 1.54) is 0 Å². The Kier molecular flexibility index (Phi) is 3.22. The van der Waals surface area contributed by atoms with Crippen molar-refractivity contribution in [3.05, 3.63) is 64.7 Å². The smallest absolute Gasteiger partial charge is 0.163 e. The average Bonchev–Trinajstić information content (AvgIpc) is 2.88. The zero-order valence-corrected chi connectivity index (χ0v) is 10.9. The van der Waals surface area contributed by atoms with Crippen molar-refractivity contribution < 1.29 is 9.53 Å². The molecule has 98 valence electrons. The van der Waals surface area contributed by atoms with Crippen molar-refractivity contribution in [2.45, 2.75) is 19.4 Å². The minimum atomic E-state index is 0.183. The summed E-state index contributed by atoms with van der Waals surface area (Å²) < 4.78 is 5.82. The molecule has 0 saturated heterocycles. The van der Waals surface area contributed by atoms with E-state index in [4.69, 9.17) is 10.00 Å². The summed E-state index contributed by atoms with van der Waals surface area (Å²) in [6.45, 7) is 0.342. The minimum Gasteiger partial charge on any atom is -0.489 e. The van der Waals surface area contributed by atoms with Crippen LogP contribution in [0.4, 0.5) is 0 Å². The van der Waals surface area contributed by atoms with Gasteiger partial charge >= 0.3 is 0 Å². The molecular formula is C17H13NO2. The molecule has 2 aromatic carbocycles. The molecule has 3 heteroatoms. The van der Waals surface area contributed by atoms with Gasteiger partial charge in [0.15, 0.2) is 5.78 Å². The van der Waals surface area contributed by atoms with Crippen molar-refractivity contribution in [3.8, 4) is 11.8 Å². The van der Waals surface area contributed by atoms with E-state index in [9.17, 15) is 4.79 Å². The third-order valence-corrected chi connectivity index (χ3v) is 3.56. The summed E-state index contributed by atoms with van der Waals surface area (Å²) in [6, 6.07) is 15.1. The van der Waals surface area contributed by atoms with Gasteiger partial charge in [-0.05, 0) is 18.6 Å². The number of Topliss-reactive ketones (excluding diaryl/α,β-unsaturated/α-hetero) is 1. The van der Waals surface area contributed by atoms with Crippen molar-refractivity contribution in [1.29, 1.82) is 5.26 Å². The van der Waals surface area contributed by atoms with Crippen molar-refractivity contribution in [1.82, 2.24) is 0 Å². The minimum absolute atomic E-state index is 0.183. The number of carbonyl (C=O) groups is 1. The molecule has 0 spiro atoms. The lowest BCUT2D eigenvalue weighted by Crippen LogP contribution is -2.00. The maximum Gasteiger partial charge on any atom is 0.163 e. The highest BCUT2D eigenvalue weighted by Crippen LogP contribution is 2.31. The van der Waals surface area contributed by atoms with Crippen LogP contribution in [0.1, 0.15) is 33.5 Å². The molecule has 0 atom stereocenters. The molecule has 0 aromatic heterocycles. The molecular weight excluding hydrogens is 250 g/mol. The van der Waals surface area contributed by atoms with E-state index < -0.39 is 0 Å². The van der Waals surface area contributed by atoms with Gasteiger partial charge in [-0.2, -0.15) is 5.26 Å². The van der Waals surface area contributed by atoms with Crippen LogP contribution in [-0.4, -0.2) is 5.78 Å². The van der Waals surface area contributed by atoms with E-state index in [1.54, 1.807) is 6.07 Å². The molecule has 0 amide bonds. The van der Waals surface area contributed by atoms with Crippen LogP contribution in [0.25, 0.3) is 0 Å². The highest BCUT2D eigenvalue weighted by molar-refractivity contribution is 6.01. The Labute approximate surface area is 117 Å². The molecule has 1 aliphatic carbocycles. The molecule has 0 radical (unpaired) electrons. The number of ether oxygens (including phenoxy) is 1. The maximum absolute atomic E-state index is 11.7. The molecule has 0 unspecified atom stereocenters. The quantitative estimate of drug-likeness (QED) is 0.854. The number of fused-ring (bicyclic) bond motifs is 1. The molecule has 3 nitrogen and oxygen atoms in total. The SMILES string of the molecule is N#Cc1ccccc1COc1cccc2c1CCC2=O. The lowest BCUT2D eigenvalue weighted by atomic mass is 10.1. The number of carbonyl (C=O) groups excluding carboxylic acids is 1. The van der Waals surface area contributed by atoms with Crippen LogP contribution in [-0.2, 0) is 13.0 Å². The molecule has 2 aromatic rings. The summed E-state index contributed by atoms with van der Waals surface area (Å²) in [5, 5.41) is 9.06. The van der Waals surface area contributed by atoms with Gasteiger partial charge in [-0.25, -0.2) is 0 Å². The topological polar surface area (TPSA) is 50.1 Å². The largest absolute Gasteiger partial charge is 0.489 e. The number of benzene rings is 2. The van der Waals surface area contributed by atoms with Crippen LogP contribution in [0.5, 0.6) is 5.75 Å². The molecule has 0 bridgehead atoms. The Hall–Kier alpha value is -2.60. The zero-order chi connectivity index (χ0) is 13.9. The Morgan fingerprint density at radius 2 is 1.95 bits per heavy atom.